The van der Waals surface area contributed by atoms with Crippen LogP contribution in [0, 0.1) is 6.92 Å². The van der Waals surface area contributed by atoms with Crippen molar-refractivity contribution in [3.8, 4) is 0 Å². The van der Waals surface area contributed by atoms with E-state index in [0.717, 1.165) is 36.2 Å². The van der Waals surface area contributed by atoms with Crippen molar-refractivity contribution < 1.29 is 9.53 Å². The average molecular weight is 500 g/mol. The van der Waals surface area contributed by atoms with Gasteiger partial charge in [0, 0.05) is 13.1 Å². The van der Waals surface area contributed by atoms with E-state index in [2.05, 4.69) is 26.9 Å². The van der Waals surface area contributed by atoms with E-state index >= 15 is 0 Å². The molecule has 0 aromatic carbocycles. The zero-order valence-electron chi connectivity index (χ0n) is 15.5. The molecule has 6 nitrogen and oxygen atoms in total. The molecule has 0 aliphatic carbocycles. The van der Waals surface area contributed by atoms with E-state index < -0.39 is 0 Å². The van der Waals surface area contributed by atoms with Gasteiger partial charge in [-0.2, -0.15) is 11.8 Å². The second-order valence-corrected chi connectivity index (χ2v) is 7.18. The number of esters is 1. The number of hydrogen-bond donors (Lipinski definition) is 2. The third kappa shape index (κ3) is 8.59. The Morgan fingerprint density at radius 1 is 1.44 bits per heavy atom. The van der Waals surface area contributed by atoms with Crippen molar-refractivity contribution in [2.75, 3.05) is 31.7 Å². The highest BCUT2D eigenvalue weighted by atomic mass is 127. The normalized spacial score (nSPS) is 12.3. The van der Waals surface area contributed by atoms with Crippen LogP contribution in [0.3, 0.4) is 0 Å². The predicted octanol–water partition coefficient (Wildman–Crippen LogP) is 3.62. The van der Waals surface area contributed by atoms with E-state index in [0.29, 0.717) is 17.2 Å². The van der Waals surface area contributed by atoms with Gasteiger partial charge < -0.3 is 15.4 Å². The molecule has 1 atom stereocenters. The molecule has 0 fully saturated rings. The number of carbonyl (C=O) groups is 1. The SMILES string of the molecule is CCNC(=NCCCSC)NC(C)c1nc(C)c(C(=O)OCC)s1.I. The average Bonchev–Trinajstić information content (AvgIpc) is 2.94. The summed E-state index contributed by atoms with van der Waals surface area (Å²) in [5.41, 5.74) is 0.712. The Hall–Kier alpha value is -0.550. The van der Waals surface area contributed by atoms with Crippen LogP contribution in [0.4, 0.5) is 0 Å². The number of thioether (sulfide) groups is 1. The maximum absolute atomic E-state index is 11.9. The van der Waals surface area contributed by atoms with Crippen LogP contribution in [0.5, 0.6) is 0 Å². The number of ether oxygens (including phenoxy) is 1. The van der Waals surface area contributed by atoms with E-state index in [-0.39, 0.29) is 36.0 Å². The number of rotatable bonds is 9. The maximum Gasteiger partial charge on any atom is 0.350 e. The Morgan fingerprint density at radius 3 is 2.76 bits per heavy atom. The lowest BCUT2D eigenvalue weighted by Crippen LogP contribution is -2.38. The van der Waals surface area contributed by atoms with Crippen LogP contribution in [0.15, 0.2) is 4.99 Å². The van der Waals surface area contributed by atoms with Crippen LogP contribution < -0.4 is 10.6 Å². The molecule has 144 valence electrons. The first-order chi connectivity index (χ1) is 11.5. The molecule has 0 aliphatic rings. The maximum atomic E-state index is 11.9. The van der Waals surface area contributed by atoms with Gasteiger partial charge in [0.05, 0.1) is 18.3 Å². The molecule has 0 amide bonds. The van der Waals surface area contributed by atoms with Crippen molar-refractivity contribution in [2.45, 2.75) is 40.2 Å². The van der Waals surface area contributed by atoms with Gasteiger partial charge >= 0.3 is 5.97 Å². The van der Waals surface area contributed by atoms with Crippen LogP contribution in [0.2, 0.25) is 0 Å². The third-order valence-corrected chi connectivity index (χ3v) is 5.14. The highest BCUT2D eigenvalue weighted by Crippen LogP contribution is 2.24. The van der Waals surface area contributed by atoms with Gasteiger partial charge in [-0.25, -0.2) is 9.78 Å². The minimum atomic E-state index is -0.302. The first-order valence-corrected chi connectivity index (χ1v) is 10.4. The first-order valence-electron chi connectivity index (χ1n) is 8.21. The quantitative estimate of drug-likeness (QED) is 0.177. The van der Waals surface area contributed by atoms with Gasteiger partial charge in [-0.1, -0.05) is 0 Å². The lowest BCUT2D eigenvalue weighted by Gasteiger charge is -2.16. The molecular formula is C16H29IN4O2S2. The largest absolute Gasteiger partial charge is 0.462 e. The summed E-state index contributed by atoms with van der Waals surface area (Å²) < 4.78 is 5.07. The van der Waals surface area contributed by atoms with E-state index in [1.807, 2.05) is 32.5 Å². The summed E-state index contributed by atoms with van der Waals surface area (Å²) >= 11 is 3.20. The number of carbonyl (C=O) groups excluding carboxylic acids is 1. The third-order valence-electron chi connectivity index (χ3n) is 3.12. The van der Waals surface area contributed by atoms with Gasteiger partial charge in [-0.3, -0.25) is 4.99 Å². The molecule has 2 N–H and O–H groups in total. The molecule has 1 unspecified atom stereocenters. The molecule has 0 radical (unpaired) electrons. The molecule has 1 aromatic heterocycles. The summed E-state index contributed by atoms with van der Waals surface area (Å²) in [6, 6.07) is -0.0322. The summed E-state index contributed by atoms with van der Waals surface area (Å²) in [6.45, 7) is 9.64. The van der Waals surface area contributed by atoms with Gasteiger partial charge in [0.25, 0.3) is 0 Å². The number of hydrogen-bond acceptors (Lipinski definition) is 6. The number of nitrogens with one attached hydrogen (secondary N) is 2. The first kappa shape index (κ1) is 24.5. The van der Waals surface area contributed by atoms with Crippen molar-refractivity contribution in [3.05, 3.63) is 15.6 Å². The standard InChI is InChI=1S/C16H28N4O2S2.HI/c1-6-17-16(18-9-8-10-23-5)20-12(4)14-19-11(3)13(24-14)15(21)22-7-2;/h12H,6-10H2,1-5H3,(H2,17,18,20);1H. The van der Waals surface area contributed by atoms with E-state index in [1.165, 1.54) is 11.3 Å². The Bertz CT molecular complexity index is 552. The smallest absolute Gasteiger partial charge is 0.350 e. The second kappa shape index (κ2) is 13.6. The number of aliphatic imine (C=N–C) groups is 1. The molecule has 0 spiro atoms. The Kier molecular flexibility index (Phi) is 13.3. The summed E-state index contributed by atoms with van der Waals surface area (Å²) in [6.07, 6.45) is 3.15. The van der Waals surface area contributed by atoms with Crippen LogP contribution in [0.25, 0.3) is 0 Å². The Labute approximate surface area is 176 Å². The zero-order valence-corrected chi connectivity index (χ0v) is 19.5. The van der Waals surface area contributed by atoms with Crippen molar-refractivity contribution in [2.24, 2.45) is 4.99 Å². The van der Waals surface area contributed by atoms with Crippen molar-refractivity contribution >= 4 is 59.0 Å². The Balaban J connectivity index is 0.00000576. The van der Waals surface area contributed by atoms with Gasteiger partial charge in [0.15, 0.2) is 5.96 Å². The molecule has 25 heavy (non-hydrogen) atoms. The fraction of sp³-hybridized carbons (Fsp3) is 0.688. The fourth-order valence-corrected chi connectivity index (χ4v) is 3.36. The van der Waals surface area contributed by atoms with Crippen LogP contribution in [-0.2, 0) is 4.74 Å². The molecule has 1 rings (SSSR count). The highest BCUT2D eigenvalue weighted by molar-refractivity contribution is 14.0. The van der Waals surface area contributed by atoms with Crippen LogP contribution in [0.1, 0.15) is 53.6 Å². The number of aromatic nitrogens is 1. The van der Waals surface area contributed by atoms with E-state index in [1.54, 1.807) is 6.92 Å². The van der Waals surface area contributed by atoms with Gasteiger partial charge in [-0.15, -0.1) is 35.3 Å². The van der Waals surface area contributed by atoms with Crippen molar-refractivity contribution in [1.82, 2.24) is 15.6 Å². The van der Waals surface area contributed by atoms with Gasteiger partial charge in [-0.05, 0) is 46.1 Å². The number of nitrogens with zero attached hydrogens (tertiary/aromatic N) is 2. The molecule has 0 aliphatic heterocycles. The fourth-order valence-electron chi connectivity index (χ4n) is 1.98. The van der Waals surface area contributed by atoms with E-state index in [4.69, 9.17) is 4.74 Å². The number of guanidine groups is 1. The molecule has 1 aromatic rings. The molecule has 1 heterocycles. The minimum absolute atomic E-state index is 0. The van der Waals surface area contributed by atoms with Crippen molar-refractivity contribution in [1.29, 1.82) is 0 Å². The van der Waals surface area contributed by atoms with Gasteiger partial charge in [0.2, 0.25) is 0 Å². The lowest BCUT2D eigenvalue weighted by molar-refractivity contribution is 0.0531. The van der Waals surface area contributed by atoms with E-state index in [9.17, 15) is 4.79 Å². The Morgan fingerprint density at radius 2 is 2.16 bits per heavy atom. The molecule has 9 heteroatoms. The summed E-state index contributed by atoms with van der Waals surface area (Å²) in [7, 11) is 0. The highest BCUT2D eigenvalue weighted by Gasteiger charge is 2.20. The zero-order chi connectivity index (χ0) is 17.9. The second-order valence-electron chi connectivity index (χ2n) is 5.16. The van der Waals surface area contributed by atoms with Crippen molar-refractivity contribution in [3.63, 3.8) is 0 Å². The number of thiazole rings is 1. The lowest BCUT2D eigenvalue weighted by atomic mass is 10.3. The van der Waals surface area contributed by atoms with Gasteiger partial charge in [0.1, 0.15) is 9.88 Å². The minimum Gasteiger partial charge on any atom is -0.462 e. The molecular weight excluding hydrogens is 471 g/mol. The molecule has 0 bridgehead atoms. The topological polar surface area (TPSA) is 75.6 Å². The molecule has 0 saturated carbocycles. The summed E-state index contributed by atoms with van der Waals surface area (Å²) in [5, 5.41) is 7.44. The monoisotopic (exact) mass is 500 g/mol. The number of halogens is 1. The predicted molar refractivity (Wildman–Crippen MR) is 119 cm³/mol. The van der Waals surface area contributed by atoms with Crippen LogP contribution in [-0.4, -0.2) is 48.6 Å². The van der Waals surface area contributed by atoms with Crippen LogP contribution >= 0.6 is 47.1 Å². The molecule has 0 saturated heterocycles. The summed E-state index contributed by atoms with van der Waals surface area (Å²) in [4.78, 5) is 21.6. The summed E-state index contributed by atoms with van der Waals surface area (Å²) in [5.74, 6) is 1.58. The number of aryl methyl sites for hydroxylation is 1.